The lowest BCUT2D eigenvalue weighted by atomic mass is 10.0. The third-order valence-corrected chi connectivity index (χ3v) is 3.94. The van der Waals surface area contributed by atoms with Crippen molar-refractivity contribution in [3.63, 3.8) is 0 Å². The average Bonchev–Trinajstić information content (AvgIpc) is 2.25. The number of nitrogens with one attached hydrogen (secondary N) is 1. The van der Waals surface area contributed by atoms with Crippen LogP contribution in [-0.2, 0) is 10.3 Å². The zero-order chi connectivity index (χ0) is 12.3. The van der Waals surface area contributed by atoms with Crippen molar-refractivity contribution in [2.75, 3.05) is 6.61 Å². The summed E-state index contributed by atoms with van der Waals surface area (Å²) in [5.41, 5.74) is 0.143. The highest BCUT2D eigenvalue weighted by molar-refractivity contribution is 14.1. The molecule has 1 rings (SSSR count). The van der Waals surface area contributed by atoms with Gasteiger partial charge in [-0.2, -0.15) is 0 Å². The highest BCUT2D eigenvalue weighted by atomic mass is 127. The molecule has 0 aliphatic carbocycles. The molecule has 0 saturated heterocycles. The van der Waals surface area contributed by atoms with Gasteiger partial charge in [-0.15, -0.1) is 0 Å². The molecule has 0 saturated carbocycles. The highest BCUT2D eigenvalue weighted by Crippen LogP contribution is 2.25. The number of halogens is 1. The van der Waals surface area contributed by atoms with Crippen LogP contribution in [0.4, 0.5) is 0 Å². The average molecular weight is 336 g/mol. The van der Waals surface area contributed by atoms with Crippen LogP contribution in [0.5, 0.6) is 0 Å². The van der Waals surface area contributed by atoms with Gasteiger partial charge in [0.05, 0.1) is 9.26 Å². The maximum absolute atomic E-state index is 11.7. The number of aryl methyl sites for hydroxylation is 1. The van der Waals surface area contributed by atoms with Crippen molar-refractivity contribution >= 4 is 22.6 Å². The van der Waals surface area contributed by atoms with E-state index in [0.717, 1.165) is 12.1 Å². The van der Waals surface area contributed by atoms with E-state index in [-0.39, 0.29) is 5.56 Å². The zero-order valence-corrected chi connectivity index (χ0v) is 12.2. The Bertz CT molecular complexity index is 430. The van der Waals surface area contributed by atoms with Crippen LogP contribution in [0.2, 0.25) is 0 Å². The minimum Gasteiger partial charge on any atom is -0.368 e. The number of rotatable bonds is 4. The molecule has 1 heterocycles. The van der Waals surface area contributed by atoms with Crippen molar-refractivity contribution in [1.29, 1.82) is 0 Å². The molecule has 16 heavy (non-hydrogen) atoms. The van der Waals surface area contributed by atoms with Crippen LogP contribution in [0.15, 0.2) is 4.79 Å². The molecule has 0 fully saturated rings. The van der Waals surface area contributed by atoms with Crippen LogP contribution < -0.4 is 5.56 Å². The standard InChI is InChI=1S/C11H17IN2O2/c1-5-11(4,16-6-2)10-13-7(3)8(12)9(15)14-10/h5-6H2,1-4H3,(H,13,14,15). The second kappa shape index (κ2) is 5.27. The van der Waals surface area contributed by atoms with Crippen molar-refractivity contribution in [3.8, 4) is 0 Å². The number of nitrogens with zero attached hydrogens (tertiary/aromatic N) is 1. The van der Waals surface area contributed by atoms with Crippen LogP contribution >= 0.6 is 22.6 Å². The molecule has 4 nitrogen and oxygen atoms in total. The number of aromatic amines is 1. The molecule has 1 aromatic heterocycles. The van der Waals surface area contributed by atoms with Gasteiger partial charge in [0.25, 0.3) is 5.56 Å². The Balaban J connectivity index is 3.27. The fourth-order valence-corrected chi connectivity index (χ4v) is 1.73. The summed E-state index contributed by atoms with van der Waals surface area (Å²) in [5.74, 6) is 0.611. The van der Waals surface area contributed by atoms with Crippen LogP contribution in [-0.4, -0.2) is 16.6 Å². The van der Waals surface area contributed by atoms with Gasteiger partial charge in [0.1, 0.15) is 11.4 Å². The first-order valence-electron chi connectivity index (χ1n) is 5.35. The molecule has 0 aromatic carbocycles. The van der Waals surface area contributed by atoms with E-state index in [4.69, 9.17) is 4.74 Å². The number of hydrogen-bond acceptors (Lipinski definition) is 3. The monoisotopic (exact) mass is 336 g/mol. The Kier molecular flexibility index (Phi) is 4.49. The van der Waals surface area contributed by atoms with E-state index in [1.165, 1.54) is 0 Å². The van der Waals surface area contributed by atoms with Crippen molar-refractivity contribution in [2.45, 2.75) is 39.7 Å². The van der Waals surface area contributed by atoms with Gasteiger partial charge in [-0.05, 0) is 49.8 Å². The van der Waals surface area contributed by atoms with Crippen molar-refractivity contribution in [2.24, 2.45) is 0 Å². The Morgan fingerprint density at radius 1 is 1.50 bits per heavy atom. The lowest BCUT2D eigenvalue weighted by Gasteiger charge is -2.27. The summed E-state index contributed by atoms with van der Waals surface area (Å²) in [6.07, 6.45) is 0.768. The number of hydrogen-bond donors (Lipinski definition) is 1. The van der Waals surface area contributed by atoms with Crippen LogP contribution in [0, 0.1) is 10.5 Å². The summed E-state index contributed by atoms with van der Waals surface area (Å²) >= 11 is 2.00. The smallest absolute Gasteiger partial charge is 0.264 e. The van der Waals surface area contributed by atoms with Gasteiger partial charge in [0.2, 0.25) is 0 Å². The first kappa shape index (κ1) is 13.6. The zero-order valence-electron chi connectivity index (χ0n) is 10.1. The van der Waals surface area contributed by atoms with E-state index in [1.54, 1.807) is 0 Å². The molecular weight excluding hydrogens is 319 g/mol. The van der Waals surface area contributed by atoms with E-state index in [1.807, 2.05) is 50.3 Å². The van der Waals surface area contributed by atoms with Crippen molar-refractivity contribution < 1.29 is 4.74 Å². The molecular formula is C11H17IN2O2. The predicted molar refractivity (Wildman–Crippen MR) is 71.6 cm³/mol. The Morgan fingerprint density at radius 3 is 2.56 bits per heavy atom. The summed E-state index contributed by atoms with van der Waals surface area (Å²) in [6.45, 7) is 8.33. The number of H-pyrrole nitrogens is 1. The quantitative estimate of drug-likeness (QED) is 0.859. The maximum atomic E-state index is 11.7. The molecule has 0 spiro atoms. The summed E-state index contributed by atoms with van der Waals surface area (Å²) in [4.78, 5) is 18.9. The second-order valence-electron chi connectivity index (χ2n) is 3.83. The van der Waals surface area contributed by atoms with Crippen molar-refractivity contribution in [1.82, 2.24) is 9.97 Å². The minimum atomic E-state index is -0.511. The highest BCUT2D eigenvalue weighted by Gasteiger charge is 2.28. The maximum Gasteiger partial charge on any atom is 0.264 e. The SMILES string of the molecule is CCOC(C)(CC)c1nc(C)c(I)c(=O)[nH]1. The Labute approximate surface area is 109 Å². The molecule has 0 bridgehead atoms. The van der Waals surface area contributed by atoms with E-state index in [9.17, 15) is 4.79 Å². The molecule has 1 N–H and O–H groups in total. The first-order chi connectivity index (χ1) is 7.44. The van der Waals surface area contributed by atoms with Gasteiger partial charge in [0.15, 0.2) is 0 Å². The Hall–Kier alpha value is -0.430. The fourth-order valence-electron chi connectivity index (χ4n) is 1.48. The first-order valence-corrected chi connectivity index (χ1v) is 6.43. The van der Waals surface area contributed by atoms with Gasteiger partial charge < -0.3 is 9.72 Å². The molecule has 0 aliphatic rings. The largest absolute Gasteiger partial charge is 0.368 e. The summed E-state index contributed by atoms with van der Waals surface area (Å²) in [5, 5.41) is 0. The van der Waals surface area contributed by atoms with E-state index < -0.39 is 5.60 Å². The normalized spacial score (nSPS) is 14.8. The topological polar surface area (TPSA) is 55.0 Å². The summed E-state index contributed by atoms with van der Waals surface area (Å²) < 4.78 is 6.31. The van der Waals surface area contributed by atoms with Gasteiger partial charge in [-0.25, -0.2) is 4.98 Å². The lowest BCUT2D eigenvalue weighted by Crippen LogP contribution is -2.31. The molecule has 0 amide bonds. The molecule has 0 radical (unpaired) electrons. The van der Waals surface area contributed by atoms with E-state index in [0.29, 0.717) is 16.0 Å². The van der Waals surface area contributed by atoms with E-state index in [2.05, 4.69) is 9.97 Å². The van der Waals surface area contributed by atoms with Crippen LogP contribution in [0.1, 0.15) is 38.7 Å². The van der Waals surface area contributed by atoms with Crippen molar-refractivity contribution in [3.05, 3.63) is 25.4 Å². The molecule has 1 atom stereocenters. The molecule has 1 aromatic rings. The van der Waals surface area contributed by atoms with Gasteiger partial charge >= 0.3 is 0 Å². The minimum absolute atomic E-state index is 0.0949. The molecule has 90 valence electrons. The van der Waals surface area contributed by atoms with Gasteiger partial charge in [-0.1, -0.05) is 6.92 Å². The molecule has 1 unspecified atom stereocenters. The summed E-state index contributed by atoms with van der Waals surface area (Å²) in [6, 6.07) is 0. The summed E-state index contributed by atoms with van der Waals surface area (Å²) in [7, 11) is 0. The van der Waals surface area contributed by atoms with Crippen LogP contribution in [0.25, 0.3) is 0 Å². The Morgan fingerprint density at radius 2 is 2.12 bits per heavy atom. The molecule has 0 aliphatic heterocycles. The number of ether oxygens (including phenoxy) is 1. The van der Waals surface area contributed by atoms with Crippen LogP contribution in [0.3, 0.4) is 0 Å². The predicted octanol–water partition coefficient (Wildman–Crippen LogP) is 2.34. The van der Waals surface area contributed by atoms with Gasteiger partial charge in [-0.3, -0.25) is 4.79 Å². The third kappa shape index (κ3) is 2.63. The third-order valence-electron chi connectivity index (χ3n) is 2.67. The molecule has 5 heteroatoms. The van der Waals surface area contributed by atoms with E-state index >= 15 is 0 Å². The second-order valence-corrected chi connectivity index (χ2v) is 4.91. The number of aromatic nitrogens is 2. The fraction of sp³-hybridized carbons (Fsp3) is 0.636. The lowest BCUT2D eigenvalue weighted by molar-refractivity contribution is -0.0393. The van der Waals surface area contributed by atoms with Gasteiger partial charge in [0, 0.05) is 6.61 Å².